The maximum Gasteiger partial charge on any atom is 0.152 e. The minimum absolute atomic E-state index is 0.00335. The normalized spacial score (nSPS) is 10.8. The van der Waals surface area contributed by atoms with E-state index < -0.39 is 0 Å². The van der Waals surface area contributed by atoms with Gasteiger partial charge >= 0.3 is 0 Å². The molecule has 1 aromatic rings. The molecule has 1 aromatic carbocycles. The highest BCUT2D eigenvalue weighted by atomic mass is 19.1. The third-order valence-electron chi connectivity index (χ3n) is 1.98. The lowest BCUT2D eigenvalue weighted by Gasteiger charge is -2.02. The average molecular weight is 192 g/mol. The number of benzene rings is 1. The maximum absolute atomic E-state index is 12.8. The van der Waals surface area contributed by atoms with E-state index >= 15 is 0 Å². The number of allylic oxidation sites excluding steroid dienone is 1. The van der Waals surface area contributed by atoms with Crippen LogP contribution in [0, 0.1) is 5.82 Å². The van der Waals surface area contributed by atoms with Crippen LogP contribution in [0.15, 0.2) is 24.3 Å². The van der Waals surface area contributed by atoms with Gasteiger partial charge in [-0.25, -0.2) is 4.39 Å². The highest BCUT2D eigenvalue weighted by Crippen LogP contribution is 2.13. The number of hydrogen-bond acceptors (Lipinski definition) is 1. The van der Waals surface area contributed by atoms with Crippen LogP contribution in [0.25, 0.3) is 6.08 Å². The van der Waals surface area contributed by atoms with Gasteiger partial charge in [-0.05, 0) is 42.7 Å². The molecule has 0 aliphatic heterocycles. The number of hydrogen-bond donors (Lipinski definition) is 0. The van der Waals surface area contributed by atoms with E-state index in [0.29, 0.717) is 0 Å². The van der Waals surface area contributed by atoms with Gasteiger partial charge in [0.15, 0.2) is 5.78 Å². The molecule has 0 bridgehead atoms. The number of halogens is 1. The molecule has 0 saturated carbocycles. The van der Waals surface area contributed by atoms with E-state index in [1.54, 1.807) is 12.1 Å². The molecule has 74 valence electrons. The van der Waals surface area contributed by atoms with Crippen LogP contribution in [0.4, 0.5) is 4.39 Å². The van der Waals surface area contributed by atoms with E-state index in [4.69, 9.17) is 0 Å². The topological polar surface area (TPSA) is 17.1 Å². The van der Waals surface area contributed by atoms with Crippen molar-refractivity contribution in [2.75, 3.05) is 0 Å². The Labute approximate surface area is 83.3 Å². The first kappa shape index (κ1) is 10.6. The van der Waals surface area contributed by atoms with Gasteiger partial charge in [0.05, 0.1) is 0 Å². The van der Waals surface area contributed by atoms with Crippen LogP contribution in [0.2, 0.25) is 0 Å². The van der Waals surface area contributed by atoms with Crippen molar-refractivity contribution in [2.45, 2.75) is 20.3 Å². The summed E-state index contributed by atoms with van der Waals surface area (Å²) in [5.41, 5.74) is 1.83. The predicted octanol–water partition coefficient (Wildman–Crippen LogP) is 2.99. The molecule has 0 radical (unpaired) electrons. The Morgan fingerprint density at radius 3 is 2.79 bits per heavy atom. The van der Waals surface area contributed by atoms with Gasteiger partial charge in [-0.15, -0.1) is 0 Å². The molecule has 14 heavy (non-hydrogen) atoms. The van der Waals surface area contributed by atoms with Crippen molar-refractivity contribution in [2.24, 2.45) is 0 Å². The molecule has 0 saturated heterocycles. The molecule has 0 amide bonds. The zero-order valence-electron chi connectivity index (χ0n) is 8.38. The molecule has 0 atom stereocenters. The lowest BCUT2D eigenvalue weighted by molar-refractivity contribution is -0.112. The molecule has 0 aliphatic carbocycles. The Hall–Kier alpha value is -1.44. The highest BCUT2D eigenvalue weighted by Gasteiger charge is 1.99. The standard InChI is InChI=1S/C12H13FO/c1-3-10-8-12(13)7-6-11(10)5-4-9(2)14/h4-8H,3H2,1-2H3/b5-4-. The third kappa shape index (κ3) is 2.80. The fourth-order valence-corrected chi connectivity index (χ4v) is 1.25. The summed E-state index contributed by atoms with van der Waals surface area (Å²) in [6.45, 7) is 3.45. The molecule has 1 rings (SSSR count). The van der Waals surface area contributed by atoms with Crippen molar-refractivity contribution in [3.63, 3.8) is 0 Å². The van der Waals surface area contributed by atoms with Crippen molar-refractivity contribution in [3.05, 3.63) is 41.2 Å². The number of aryl methyl sites for hydroxylation is 1. The Balaban J connectivity index is 3.02. The van der Waals surface area contributed by atoms with Crippen LogP contribution in [-0.4, -0.2) is 5.78 Å². The quantitative estimate of drug-likeness (QED) is 0.673. The van der Waals surface area contributed by atoms with Crippen LogP contribution in [0.3, 0.4) is 0 Å². The van der Waals surface area contributed by atoms with Crippen molar-refractivity contribution >= 4 is 11.9 Å². The van der Waals surface area contributed by atoms with Crippen molar-refractivity contribution in [1.82, 2.24) is 0 Å². The lowest BCUT2D eigenvalue weighted by atomic mass is 10.0. The zero-order chi connectivity index (χ0) is 10.6. The number of ketones is 1. The van der Waals surface area contributed by atoms with E-state index in [1.165, 1.54) is 25.1 Å². The zero-order valence-corrected chi connectivity index (χ0v) is 8.38. The van der Waals surface area contributed by atoms with Crippen LogP contribution >= 0.6 is 0 Å². The molecule has 0 aromatic heterocycles. The van der Waals surface area contributed by atoms with Crippen LogP contribution in [0.5, 0.6) is 0 Å². The summed E-state index contributed by atoms with van der Waals surface area (Å²) in [5.74, 6) is -0.238. The second-order valence-electron chi connectivity index (χ2n) is 3.14. The summed E-state index contributed by atoms with van der Waals surface area (Å²) >= 11 is 0. The average Bonchev–Trinajstić information content (AvgIpc) is 2.15. The molecule has 0 spiro atoms. The highest BCUT2D eigenvalue weighted by molar-refractivity contribution is 5.91. The Morgan fingerprint density at radius 1 is 1.50 bits per heavy atom. The van der Waals surface area contributed by atoms with Crippen LogP contribution < -0.4 is 0 Å². The van der Waals surface area contributed by atoms with Gasteiger partial charge in [-0.2, -0.15) is 0 Å². The monoisotopic (exact) mass is 192 g/mol. The van der Waals surface area contributed by atoms with Gasteiger partial charge in [0.25, 0.3) is 0 Å². The largest absolute Gasteiger partial charge is 0.295 e. The summed E-state index contributed by atoms with van der Waals surface area (Å²) in [6, 6.07) is 4.59. The van der Waals surface area contributed by atoms with Gasteiger partial charge in [0.1, 0.15) is 5.82 Å². The molecule has 0 aliphatic rings. The maximum atomic E-state index is 12.8. The number of carbonyl (C=O) groups is 1. The van der Waals surface area contributed by atoms with Gasteiger partial charge in [0, 0.05) is 0 Å². The third-order valence-corrected chi connectivity index (χ3v) is 1.98. The minimum Gasteiger partial charge on any atom is -0.295 e. The van der Waals surface area contributed by atoms with Crippen LogP contribution in [-0.2, 0) is 11.2 Å². The molecule has 1 nitrogen and oxygen atoms in total. The van der Waals surface area contributed by atoms with Crippen molar-refractivity contribution in [1.29, 1.82) is 0 Å². The summed E-state index contributed by atoms with van der Waals surface area (Å²) < 4.78 is 12.8. The van der Waals surface area contributed by atoms with Crippen molar-refractivity contribution < 1.29 is 9.18 Å². The first-order valence-electron chi connectivity index (χ1n) is 4.60. The molecular weight excluding hydrogens is 179 g/mol. The number of carbonyl (C=O) groups excluding carboxylic acids is 1. The predicted molar refractivity (Wildman–Crippen MR) is 55.5 cm³/mol. The van der Waals surface area contributed by atoms with E-state index in [0.717, 1.165) is 17.5 Å². The van der Waals surface area contributed by atoms with Crippen molar-refractivity contribution in [3.8, 4) is 0 Å². The first-order chi connectivity index (χ1) is 6.63. The lowest BCUT2D eigenvalue weighted by Crippen LogP contribution is -1.89. The van der Waals surface area contributed by atoms with Crippen LogP contribution in [0.1, 0.15) is 25.0 Å². The molecule has 2 heteroatoms. The van der Waals surface area contributed by atoms with Gasteiger partial charge in [-0.1, -0.05) is 19.1 Å². The second kappa shape index (κ2) is 4.70. The van der Waals surface area contributed by atoms with E-state index in [1.807, 2.05) is 6.92 Å². The fourth-order valence-electron chi connectivity index (χ4n) is 1.25. The summed E-state index contributed by atoms with van der Waals surface area (Å²) in [5, 5.41) is 0. The van der Waals surface area contributed by atoms with Gasteiger partial charge < -0.3 is 0 Å². The molecule has 0 fully saturated rings. The second-order valence-corrected chi connectivity index (χ2v) is 3.14. The smallest absolute Gasteiger partial charge is 0.152 e. The summed E-state index contributed by atoms with van der Waals surface area (Å²) in [7, 11) is 0. The SMILES string of the molecule is CCc1cc(F)ccc1/C=C\C(C)=O. The van der Waals surface area contributed by atoms with Gasteiger partial charge in [0.2, 0.25) is 0 Å². The van der Waals surface area contributed by atoms with E-state index in [9.17, 15) is 9.18 Å². The molecule has 0 N–H and O–H groups in total. The summed E-state index contributed by atoms with van der Waals surface area (Å²) in [4.78, 5) is 10.7. The first-order valence-corrected chi connectivity index (χ1v) is 4.60. The minimum atomic E-state index is -0.234. The Morgan fingerprint density at radius 2 is 2.21 bits per heavy atom. The Kier molecular flexibility index (Phi) is 3.57. The molecular formula is C12H13FO. The Bertz CT molecular complexity index is 367. The van der Waals surface area contributed by atoms with Gasteiger partial charge in [-0.3, -0.25) is 4.79 Å². The number of rotatable bonds is 3. The van der Waals surface area contributed by atoms with E-state index in [-0.39, 0.29) is 11.6 Å². The van der Waals surface area contributed by atoms with E-state index in [2.05, 4.69) is 0 Å². The fraction of sp³-hybridized carbons (Fsp3) is 0.250. The molecule has 0 unspecified atom stereocenters. The summed E-state index contributed by atoms with van der Waals surface area (Å²) in [6.07, 6.45) is 3.97. The molecule has 0 heterocycles.